The van der Waals surface area contributed by atoms with Crippen molar-refractivity contribution in [3.05, 3.63) is 58.9 Å². The first-order valence-corrected chi connectivity index (χ1v) is 9.16. The number of anilines is 2. The summed E-state index contributed by atoms with van der Waals surface area (Å²) in [5.74, 6) is -3.79. The number of hydrogen-bond donors (Lipinski definition) is 1. The predicted molar refractivity (Wildman–Crippen MR) is 113 cm³/mol. The Kier molecular flexibility index (Phi) is 4.20. The number of carbonyl (C=O) groups excluding carboxylic acids is 2. The largest absolute Gasteiger partial charge is 0.417 e. The van der Waals surface area contributed by atoms with Gasteiger partial charge in [-0.3, -0.25) is 14.5 Å². The third-order valence-electron chi connectivity index (χ3n) is 4.75. The Morgan fingerprint density at radius 1 is 1.31 bits per heavy atom. The number of benzene rings is 2. The summed E-state index contributed by atoms with van der Waals surface area (Å²) in [6.07, 6.45) is -4.93. The molecule has 0 bridgehead atoms. The van der Waals surface area contributed by atoms with E-state index in [0.717, 1.165) is 17.0 Å². The molecule has 0 radical (unpaired) electrons. The second kappa shape index (κ2) is 7.87. The van der Waals surface area contributed by atoms with E-state index in [1.165, 1.54) is 19.9 Å². The van der Waals surface area contributed by atoms with Crippen LogP contribution in [0.2, 0.25) is 0 Å². The molecule has 0 aliphatic carbocycles. The molecule has 0 saturated carbocycles. The van der Waals surface area contributed by atoms with Crippen LogP contribution in [0.5, 0.6) is 0 Å². The summed E-state index contributed by atoms with van der Waals surface area (Å²) < 4.78 is 93.2. The number of thiocarbonyl (C=S) groups is 1. The van der Waals surface area contributed by atoms with Crippen LogP contribution in [-0.2, 0) is 11.0 Å². The van der Waals surface area contributed by atoms with Gasteiger partial charge in [0.2, 0.25) is 0 Å². The van der Waals surface area contributed by atoms with Crippen molar-refractivity contribution >= 4 is 40.5 Å². The van der Waals surface area contributed by atoms with Gasteiger partial charge in [-0.05, 0) is 62.4 Å². The van der Waals surface area contributed by atoms with Gasteiger partial charge in [0.05, 0.1) is 31.2 Å². The number of rotatable bonds is 3. The average Bonchev–Trinajstić information content (AvgIpc) is 2.93. The van der Waals surface area contributed by atoms with E-state index in [9.17, 15) is 22.8 Å². The van der Waals surface area contributed by atoms with Gasteiger partial charge in [0.15, 0.2) is 5.11 Å². The fourth-order valence-electron chi connectivity index (χ4n) is 3.17. The summed E-state index contributed by atoms with van der Waals surface area (Å²) in [6.45, 7) is -0.418. The first-order chi connectivity index (χ1) is 16.8. The highest BCUT2D eigenvalue weighted by molar-refractivity contribution is 7.81. The van der Waals surface area contributed by atoms with E-state index in [-0.39, 0.29) is 5.69 Å². The van der Waals surface area contributed by atoms with Crippen LogP contribution in [0.4, 0.5) is 28.9 Å². The molecule has 1 heterocycles. The molecular formula is C21H16F4N4O2S. The maximum Gasteiger partial charge on any atom is 0.417 e. The van der Waals surface area contributed by atoms with Gasteiger partial charge in [-0.15, -0.1) is 0 Å². The molecule has 2 amide bonds. The number of hydrogen-bond acceptors (Lipinski definition) is 4. The minimum Gasteiger partial charge on any atom is -0.355 e. The lowest BCUT2D eigenvalue weighted by Gasteiger charge is -2.29. The van der Waals surface area contributed by atoms with E-state index < -0.39 is 75.9 Å². The van der Waals surface area contributed by atoms with Crippen molar-refractivity contribution in [2.75, 3.05) is 16.8 Å². The van der Waals surface area contributed by atoms with Crippen molar-refractivity contribution < 1.29 is 34.0 Å². The van der Waals surface area contributed by atoms with Gasteiger partial charge in [-0.1, -0.05) is 0 Å². The van der Waals surface area contributed by atoms with Crippen molar-refractivity contribution in [1.29, 1.82) is 5.26 Å². The third-order valence-corrected chi connectivity index (χ3v) is 5.12. The van der Waals surface area contributed by atoms with Crippen molar-refractivity contribution in [2.45, 2.75) is 25.6 Å². The topological polar surface area (TPSA) is 76.4 Å². The molecular weight excluding hydrogens is 448 g/mol. The van der Waals surface area contributed by atoms with Crippen molar-refractivity contribution in [2.24, 2.45) is 0 Å². The molecule has 11 heteroatoms. The van der Waals surface area contributed by atoms with Gasteiger partial charge in [-0.2, -0.15) is 18.4 Å². The van der Waals surface area contributed by atoms with Crippen LogP contribution in [0.3, 0.4) is 0 Å². The van der Waals surface area contributed by atoms with Gasteiger partial charge in [-0.25, -0.2) is 4.39 Å². The van der Waals surface area contributed by atoms with Gasteiger partial charge < -0.3 is 10.2 Å². The molecule has 1 aliphatic heterocycles. The first kappa shape index (κ1) is 17.1. The number of amides is 2. The van der Waals surface area contributed by atoms with Crippen molar-refractivity contribution in [3.8, 4) is 6.07 Å². The molecule has 1 aliphatic rings. The fraction of sp³-hybridized carbons (Fsp3) is 0.238. The normalized spacial score (nSPS) is 18.3. The van der Waals surface area contributed by atoms with Crippen molar-refractivity contribution in [1.82, 2.24) is 5.32 Å². The fourth-order valence-corrected chi connectivity index (χ4v) is 3.67. The molecule has 6 nitrogen and oxygen atoms in total. The van der Waals surface area contributed by atoms with Gasteiger partial charge in [0, 0.05) is 16.8 Å². The van der Waals surface area contributed by atoms with Crippen LogP contribution in [0.15, 0.2) is 36.4 Å². The molecule has 1 fully saturated rings. The number of nitrogens with zero attached hydrogens (tertiary/aromatic N) is 3. The lowest BCUT2D eigenvalue weighted by atomic mass is 10.0. The number of alkyl halides is 3. The van der Waals surface area contributed by atoms with Crippen molar-refractivity contribution in [3.63, 3.8) is 0 Å². The lowest BCUT2D eigenvalue weighted by Crippen LogP contribution is -2.44. The molecule has 0 unspecified atom stereocenters. The molecule has 0 spiro atoms. The Balaban J connectivity index is 2.16. The first-order valence-electron chi connectivity index (χ1n) is 11.2. The third kappa shape index (κ3) is 3.67. The highest BCUT2D eigenvalue weighted by atomic mass is 32.1. The molecule has 0 atom stereocenters. The van der Waals surface area contributed by atoms with Crippen LogP contribution >= 0.6 is 12.2 Å². The summed E-state index contributed by atoms with van der Waals surface area (Å²) in [4.78, 5) is 27.1. The smallest absolute Gasteiger partial charge is 0.355 e. The Morgan fingerprint density at radius 2 is 2.00 bits per heavy atom. The zero-order valence-corrected chi connectivity index (χ0v) is 17.2. The molecule has 2 aromatic rings. The highest BCUT2D eigenvalue weighted by Crippen LogP contribution is 2.39. The van der Waals surface area contributed by atoms with E-state index in [0.29, 0.717) is 17.0 Å². The maximum absolute atomic E-state index is 15.0. The number of nitrogens with one attached hydrogen (secondary N) is 1. The minimum atomic E-state index is -4.93. The van der Waals surface area contributed by atoms with Crippen LogP contribution in [0, 0.1) is 17.1 Å². The summed E-state index contributed by atoms with van der Waals surface area (Å²) in [7, 11) is 0. The summed E-state index contributed by atoms with van der Waals surface area (Å²) in [6, 6.07) is 2.79. The molecule has 3 rings (SSSR count). The minimum absolute atomic E-state index is 0.357. The second-order valence-corrected chi connectivity index (χ2v) is 7.47. The number of carbonyl (C=O) groups is 2. The monoisotopic (exact) mass is 469 g/mol. The molecule has 1 N–H and O–H groups in total. The standard InChI is InChI=1S/C21H16F4N4O2S/c1-20(2)18(31)28(12-5-4-11(10-26)15(8-12)21(23,24)25)19(32)29(20)13-6-7-14(16(22)9-13)17(30)27-3/h4-9H,1-3H3,(H,27,30)/i3D3,6D,9D. The van der Waals surface area contributed by atoms with Gasteiger partial charge in [0.1, 0.15) is 11.4 Å². The average molecular weight is 469 g/mol. The Bertz CT molecular complexity index is 1390. The molecule has 166 valence electrons. The summed E-state index contributed by atoms with van der Waals surface area (Å²) in [5.41, 5.74) is -5.59. The van der Waals surface area contributed by atoms with Crippen LogP contribution in [0.1, 0.15) is 42.2 Å². The molecule has 0 aromatic heterocycles. The molecule has 1 saturated heterocycles. The Hall–Kier alpha value is -3.52. The van der Waals surface area contributed by atoms with Crippen LogP contribution in [-0.4, -0.2) is 29.4 Å². The van der Waals surface area contributed by atoms with E-state index in [2.05, 4.69) is 0 Å². The predicted octanol–water partition coefficient (Wildman–Crippen LogP) is 3.99. The van der Waals surface area contributed by atoms with E-state index in [1.54, 1.807) is 5.32 Å². The zero-order valence-electron chi connectivity index (χ0n) is 21.4. The summed E-state index contributed by atoms with van der Waals surface area (Å²) >= 11 is 5.31. The molecule has 2 aromatic carbocycles. The molecule has 32 heavy (non-hydrogen) atoms. The Labute approximate surface area is 193 Å². The van der Waals surface area contributed by atoms with Gasteiger partial charge in [0.25, 0.3) is 11.8 Å². The zero-order chi connectivity index (χ0) is 28.2. The SMILES string of the molecule is [2H]c1cc(C(=O)NC([2H])([2H])[2H])c(F)c([2H])c1N1C(=S)N(c2ccc(C#N)c(C(F)(F)F)c2)C(=O)C1(C)C. The quantitative estimate of drug-likeness (QED) is 0.544. The maximum atomic E-state index is 15.0. The van der Waals surface area contributed by atoms with Gasteiger partial charge >= 0.3 is 6.18 Å². The highest BCUT2D eigenvalue weighted by Gasteiger charge is 2.50. The number of nitriles is 1. The second-order valence-electron chi connectivity index (χ2n) is 7.10. The van der Waals surface area contributed by atoms with E-state index in [4.69, 9.17) is 24.3 Å². The van der Waals surface area contributed by atoms with E-state index >= 15 is 4.39 Å². The lowest BCUT2D eigenvalue weighted by molar-refractivity contribution is -0.137. The van der Waals surface area contributed by atoms with Crippen LogP contribution < -0.4 is 15.1 Å². The van der Waals surface area contributed by atoms with E-state index in [1.807, 2.05) is 0 Å². The Morgan fingerprint density at radius 3 is 2.59 bits per heavy atom. The number of halogens is 4. The summed E-state index contributed by atoms with van der Waals surface area (Å²) in [5, 5.41) is 10.1. The van der Waals surface area contributed by atoms with Crippen LogP contribution in [0.25, 0.3) is 0 Å².